The number of benzene rings is 2. The van der Waals surface area contributed by atoms with Gasteiger partial charge in [0.05, 0.1) is 11.1 Å². The molecule has 27 heavy (non-hydrogen) atoms. The average molecular weight is 398 g/mol. The largest absolute Gasteiger partial charge is 0.503 e. The number of phenols is 1. The third kappa shape index (κ3) is 2.93. The molecule has 0 spiro atoms. The molecule has 2 aromatic carbocycles. The molecule has 0 bridgehead atoms. The lowest BCUT2D eigenvalue weighted by Crippen LogP contribution is -2.29. The van der Waals surface area contributed by atoms with Crippen molar-refractivity contribution in [2.75, 3.05) is 0 Å². The highest BCUT2D eigenvalue weighted by Crippen LogP contribution is 2.43. The first-order chi connectivity index (χ1) is 12.3. The van der Waals surface area contributed by atoms with Crippen LogP contribution in [0.1, 0.15) is 33.3 Å². The van der Waals surface area contributed by atoms with Crippen LogP contribution in [0, 0.1) is 52.5 Å². The number of hydrogen-bond acceptors (Lipinski definition) is 1. The van der Waals surface area contributed by atoms with Crippen LogP contribution < -0.4 is 0 Å². The molecule has 0 unspecified atom stereocenters. The van der Waals surface area contributed by atoms with Gasteiger partial charge in [0, 0.05) is 5.56 Å². The fourth-order valence-electron chi connectivity index (χ4n) is 2.55. The Labute approximate surface area is 149 Å². The quantitative estimate of drug-likeness (QED) is 0.489. The van der Waals surface area contributed by atoms with Crippen molar-refractivity contribution < 1.29 is 40.2 Å². The molecule has 0 heterocycles. The molecule has 0 amide bonds. The van der Waals surface area contributed by atoms with Gasteiger partial charge in [-0.25, -0.2) is 26.3 Å². The fraction of sp³-hybridized carbons (Fsp3) is 0.333. The Balaban J connectivity index is 3.00. The highest BCUT2D eigenvalue weighted by Gasteiger charge is 2.39. The van der Waals surface area contributed by atoms with Gasteiger partial charge in [-0.1, -0.05) is 27.7 Å². The van der Waals surface area contributed by atoms with E-state index in [4.69, 9.17) is 5.11 Å². The molecular weight excluding hydrogens is 384 g/mol. The van der Waals surface area contributed by atoms with Crippen LogP contribution in [0.3, 0.4) is 0 Å². The molecule has 2 rings (SSSR count). The molecule has 1 nitrogen and oxygen atoms in total. The summed E-state index contributed by atoms with van der Waals surface area (Å²) in [4.78, 5) is 0. The minimum atomic E-state index is -2.40. The van der Waals surface area contributed by atoms with Crippen LogP contribution in [0.15, 0.2) is 0 Å². The fourth-order valence-corrected chi connectivity index (χ4v) is 2.55. The summed E-state index contributed by atoms with van der Waals surface area (Å²) in [5.41, 5.74) is -6.42. The van der Waals surface area contributed by atoms with Gasteiger partial charge in [0.25, 0.3) is 0 Å². The molecule has 0 aromatic heterocycles. The van der Waals surface area contributed by atoms with Crippen LogP contribution in [0.5, 0.6) is 5.75 Å². The van der Waals surface area contributed by atoms with E-state index >= 15 is 0 Å². The normalized spacial score (nSPS) is 12.2. The zero-order valence-corrected chi connectivity index (χ0v) is 14.5. The predicted molar refractivity (Wildman–Crippen MR) is 81.1 cm³/mol. The van der Waals surface area contributed by atoms with Gasteiger partial charge >= 0.3 is 0 Å². The first-order valence-electron chi connectivity index (χ1n) is 7.68. The molecule has 0 atom stereocenters. The molecule has 0 saturated heterocycles. The van der Waals surface area contributed by atoms with Gasteiger partial charge in [-0.05, 0) is 11.3 Å². The van der Waals surface area contributed by atoms with E-state index < -0.39 is 80.3 Å². The zero-order valence-electron chi connectivity index (χ0n) is 14.5. The zero-order chi connectivity index (χ0) is 21.0. The van der Waals surface area contributed by atoms with E-state index in [9.17, 15) is 35.1 Å². The summed E-state index contributed by atoms with van der Waals surface area (Å²) in [6, 6.07) is 0. The standard InChI is InChI=1S/C18H14F8O/c1-5(2)18(3,4)8-13(23)9(19)6(10(20)14(8)24)7-11(21)15(25)17(27)16(26)12(7)22/h5,27H,1-4H3. The van der Waals surface area contributed by atoms with Crippen molar-refractivity contribution in [3.05, 3.63) is 52.1 Å². The Hall–Kier alpha value is -2.32. The Kier molecular flexibility index (Phi) is 5.20. The molecule has 0 radical (unpaired) electrons. The summed E-state index contributed by atoms with van der Waals surface area (Å²) in [5.74, 6) is -20.5. The number of phenolic OH excluding ortho intramolecular Hbond substituents is 1. The lowest BCUT2D eigenvalue weighted by molar-refractivity contribution is 0.323. The number of rotatable bonds is 3. The van der Waals surface area contributed by atoms with E-state index in [1.54, 1.807) is 0 Å². The minimum absolute atomic E-state index is 0.511. The molecule has 148 valence electrons. The second-order valence-electron chi connectivity index (χ2n) is 6.86. The summed E-state index contributed by atoms with van der Waals surface area (Å²) in [5, 5.41) is 8.93. The topological polar surface area (TPSA) is 20.2 Å². The summed E-state index contributed by atoms with van der Waals surface area (Å²) in [6.45, 7) is 5.62. The average Bonchev–Trinajstić information content (AvgIpc) is 2.59. The SMILES string of the molecule is CC(C)C(C)(C)c1c(F)c(F)c(-c2c(F)c(F)c(O)c(F)c2F)c(F)c1F. The van der Waals surface area contributed by atoms with Crippen molar-refractivity contribution in [2.45, 2.75) is 33.1 Å². The Morgan fingerprint density at radius 1 is 0.593 bits per heavy atom. The van der Waals surface area contributed by atoms with Crippen molar-refractivity contribution >= 4 is 0 Å². The molecule has 9 heteroatoms. The smallest absolute Gasteiger partial charge is 0.204 e. The number of aromatic hydroxyl groups is 1. The summed E-state index contributed by atoms with van der Waals surface area (Å²) in [6.07, 6.45) is 0. The number of hydrogen-bond donors (Lipinski definition) is 1. The monoisotopic (exact) mass is 398 g/mol. The van der Waals surface area contributed by atoms with E-state index in [0.29, 0.717) is 0 Å². The van der Waals surface area contributed by atoms with Gasteiger partial charge in [-0.15, -0.1) is 0 Å². The lowest BCUT2D eigenvalue weighted by Gasteiger charge is -2.31. The van der Waals surface area contributed by atoms with Crippen molar-refractivity contribution in [1.82, 2.24) is 0 Å². The Morgan fingerprint density at radius 2 is 0.889 bits per heavy atom. The third-order valence-corrected chi connectivity index (χ3v) is 4.84. The second-order valence-corrected chi connectivity index (χ2v) is 6.86. The highest BCUT2D eigenvalue weighted by molar-refractivity contribution is 5.69. The van der Waals surface area contributed by atoms with E-state index in [-0.39, 0.29) is 0 Å². The van der Waals surface area contributed by atoms with Crippen molar-refractivity contribution in [1.29, 1.82) is 0 Å². The van der Waals surface area contributed by atoms with E-state index in [1.807, 2.05) is 0 Å². The predicted octanol–water partition coefficient (Wildman–Crippen LogP) is 6.11. The Morgan fingerprint density at radius 3 is 1.19 bits per heavy atom. The van der Waals surface area contributed by atoms with Crippen LogP contribution >= 0.6 is 0 Å². The van der Waals surface area contributed by atoms with Crippen LogP contribution in [0.2, 0.25) is 0 Å². The van der Waals surface area contributed by atoms with Crippen LogP contribution in [0.4, 0.5) is 35.1 Å². The number of halogens is 8. The maximum absolute atomic E-state index is 14.5. The van der Waals surface area contributed by atoms with Gasteiger partial charge in [0.15, 0.2) is 40.7 Å². The molecule has 0 aliphatic carbocycles. The summed E-state index contributed by atoms with van der Waals surface area (Å²) >= 11 is 0. The van der Waals surface area contributed by atoms with Gasteiger partial charge in [-0.3, -0.25) is 0 Å². The molecule has 0 aliphatic rings. The second kappa shape index (κ2) is 6.69. The third-order valence-electron chi connectivity index (χ3n) is 4.84. The first-order valence-corrected chi connectivity index (χ1v) is 7.68. The van der Waals surface area contributed by atoms with Crippen LogP contribution in [0.25, 0.3) is 11.1 Å². The van der Waals surface area contributed by atoms with Crippen molar-refractivity contribution in [2.24, 2.45) is 5.92 Å². The van der Waals surface area contributed by atoms with Gasteiger partial charge in [0.1, 0.15) is 0 Å². The first kappa shape index (κ1) is 21.0. The minimum Gasteiger partial charge on any atom is -0.503 e. The van der Waals surface area contributed by atoms with E-state index in [1.165, 1.54) is 27.7 Å². The van der Waals surface area contributed by atoms with E-state index in [0.717, 1.165) is 0 Å². The lowest BCUT2D eigenvalue weighted by atomic mass is 9.74. The summed E-state index contributed by atoms with van der Waals surface area (Å²) < 4.78 is 113. The maximum Gasteiger partial charge on any atom is 0.204 e. The van der Waals surface area contributed by atoms with Gasteiger partial charge in [-0.2, -0.15) is 8.78 Å². The van der Waals surface area contributed by atoms with Crippen LogP contribution in [-0.4, -0.2) is 5.11 Å². The van der Waals surface area contributed by atoms with Crippen molar-refractivity contribution in [3.8, 4) is 16.9 Å². The maximum atomic E-state index is 14.5. The molecule has 2 aromatic rings. The Bertz CT molecular complexity index is 876. The van der Waals surface area contributed by atoms with E-state index in [2.05, 4.69) is 0 Å². The molecule has 0 saturated carbocycles. The van der Waals surface area contributed by atoms with Gasteiger partial charge in [0.2, 0.25) is 11.6 Å². The van der Waals surface area contributed by atoms with Crippen LogP contribution in [-0.2, 0) is 5.41 Å². The highest BCUT2D eigenvalue weighted by atomic mass is 19.2. The molecule has 0 aliphatic heterocycles. The molecule has 0 fully saturated rings. The summed E-state index contributed by atoms with van der Waals surface area (Å²) in [7, 11) is 0. The molecule has 1 N–H and O–H groups in total. The van der Waals surface area contributed by atoms with Crippen molar-refractivity contribution in [3.63, 3.8) is 0 Å². The molecular formula is C18H14F8O. The van der Waals surface area contributed by atoms with Gasteiger partial charge < -0.3 is 5.11 Å².